The van der Waals surface area contributed by atoms with Crippen molar-refractivity contribution < 1.29 is 9.21 Å². The number of hydrogen-bond acceptors (Lipinski definition) is 3. The second-order valence-electron chi connectivity index (χ2n) is 3.49. The highest BCUT2D eigenvalue weighted by atomic mass is 79.9. The Bertz CT molecular complexity index is 548. The first-order valence-corrected chi connectivity index (χ1v) is 6.44. The van der Waals surface area contributed by atoms with E-state index in [0.717, 1.165) is 5.56 Å². The average molecular weight is 315 g/mol. The molecule has 0 saturated heterocycles. The van der Waals surface area contributed by atoms with E-state index in [1.165, 1.54) is 0 Å². The molecule has 3 nitrogen and oxygen atoms in total. The van der Waals surface area contributed by atoms with Crippen molar-refractivity contribution in [2.24, 2.45) is 0 Å². The van der Waals surface area contributed by atoms with Crippen LogP contribution in [0.3, 0.4) is 0 Å². The van der Waals surface area contributed by atoms with E-state index < -0.39 is 0 Å². The van der Waals surface area contributed by atoms with E-state index in [0.29, 0.717) is 22.4 Å². The van der Waals surface area contributed by atoms with Gasteiger partial charge in [-0.3, -0.25) is 4.79 Å². The maximum atomic E-state index is 11.5. The summed E-state index contributed by atoms with van der Waals surface area (Å²) in [6.45, 7) is 1.72. The fourth-order valence-electron chi connectivity index (χ4n) is 1.43. The third-order valence-electron chi connectivity index (χ3n) is 2.27. The quantitative estimate of drug-likeness (QED) is 0.638. The summed E-state index contributed by atoms with van der Waals surface area (Å²) in [5.74, 6) is 0.870. The molecule has 5 heteroatoms. The van der Waals surface area contributed by atoms with Gasteiger partial charge in [-0.25, -0.2) is 4.98 Å². The highest BCUT2D eigenvalue weighted by Crippen LogP contribution is 2.23. The zero-order valence-corrected chi connectivity index (χ0v) is 11.4. The first kappa shape index (κ1) is 12.3. The van der Waals surface area contributed by atoms with Crippen LogP contribution in [0.25, 0.3) is 11.5 Å². The molecule has 0 spiro atoms. The number of aryl methyl sites for hydroxylation is 1. The minimum absolute atomic E-state index is 0.0912. The summed E-state index contributed by atoms with van der Waals surface area (Å²) in [7, 11) is 0. The first-order chi connectivity index (χ1) is 8.11. The number of nitrogens with zero attached hydrogens (tertiary/aromatic N) is 1. The monoisotopic (exact) mass is 313 g/mol. The number of ketones is 1. The van der Waals surface area contributed by atoms with Crippen molar-refractivity contribution in [1.82, 2.24) is 4.98 Å². The van der Waals surface area contributed by atoms with Crippen LogP contribution in [0, 0.1) is 6.92 Å². The number of carbonyl (C=O) groups is 1. The third-order valence-corrected chi connectivity index (χ3v) is 3.03. The van der Waals surface area contributed by atoms with Crippen molar-refractivity contribution >= 4 is 33.3 Å². The number of alkyl halides is 1. The molecule has 0 aliphatic carbocycles. The maximum absolute atomic E-state index is 11.5. The number of carbonyl (C=O) groups excluding carboxylic acids is 1. The molecule has 0 aliphatic rings. The molecule has 17 heavy (non-hydrogen) atoms. The molecule has 1 heterocycles. The molecule has 0 N–H and O–H groups in total. The first-order valence-electron chi connectivity index (χ1n) is 4.94. The van der Waals surface area contributed by atoms with Gasteiger partial charge in [-0.2, -0.15) is 0 Å². The lowest BCUT2D eigenvalue weighted by Gasteiger charge is -1.94. The smallest absolute Gasteiger partial charge is 0.226 e. The topological polar surface area (TPSA) is 43.1 Å². The van der Waals surface area contributed by atoms with Gasteiger partial charge in [-0.1, -0.05) is 27.5 Å². The van der Waals surface area contributed by atoms with Crippen LogP contribution in [-0.2, 0) is 0 Å². The van der Waals surface area contributed by atoms with Crippen LogP contribution < -0.4 is 0 Å². The highest BCUT2D eigenvalue weighted by molar-refractivity contribution is 9.09. The predicted octanol–water partition coefficient (Wildman–Crippen LogP) is 3.88. The minimum Gasteiger partial charge on any atom is -0.441 e. The number of halogens is 2. The number of Topliss-reactive ketones (excluding diaryl/α,β-unsaturated/α-hetero) is 1. The molecule has 0 aliphatic heterocycles. The van der Waals surface area contributed by atoms with Gasteiger partial charge in [0.1, 0.15) is 11.5 Å². The van der Waals surface area contributed by atoms with E-state index in [-0.39, 0.29) is 11.1 Å². The van der Waals surface area contributed by atoms with E-state index in [4.69, 9.17) is 16.0 Å². The summed E-state index contributed by atoms with van der Waals surface area (Å²) in [5.41, 5.74) is 1.16. The van der Waals surface area contributed by atoms with Crippen molar-refractivity contribution in [3.05, 3.63) is 40.7 Å². The molecular formula is C12H9BrClNO2. The molecule has 0 fully saturated rings. The summed E-state index contributed by atoms with van der Waals surface area (Å²) >= 11 is 8.91. The van der Waals surface area contributed by atoms with Crippen LogP contribution >= 0.6 is 27.5 Å². The van der Waals surface area contributed by atoms with E-state index in [2.05, 4.69) is 20.9 Å². The molecule has 0 saturated carbocycles. The number of benzene rings is 1. The largest absolute Gasteiger partial charge is 0.441 e. The summed E-state index contributed by atoms with van der Waals surface area (Å²) in [6.07, 6.45) is 0. The summed E-state index contributed by atoms with van der Waals surface area (Å²) in [5, 5.41) is 0.884. The van der Waals surface area contributed by atoms with Crippen LogP contribution in [0.4, 0.5) is 0 Å². The van der Waals surface area contributed by atoms with Gasteiger partial charge in [0.25, 0.3) is 0 Å². The fourth-order valence-corrected chi connectivity index (χ4v) is 1.83. The molecule has 0 amide bonds. The standard InChI is InChI=1S/C12H9BrClNO2/c1-7-11(10(16)6-13)15-12(17-7)8-2-4-9(14)5-3-8/h2-5H,6H2,1H3. The Labute approximate surface area is 112 Å². The number of aromatic nitrogens is 1. The normalized spacial score (nSPS) is 10.5. The van der Waals surface area contributed by atoms with Crippen LogP contribution in [0.1, 0.15) is 16.2 Å². The van der Waals surface area contributed by atoms with Crippen LogP contribution in [0.2, 0.25) is 5.02 Å². The maximum Gasteiger partial charge on any atom is 0.226 e. The molecule has 88 valence electrons. The van der Waals surface area contributed by atoms with Gasteiger partial charge in [-0.05, 0) is 31.2 Å². The summed E-state index contributed by atoms with van der Waals surface area (Å²) < 4.78 is 5.47. The SMILES string of the molecule is Cc1oc(-c2ccc(Cl)cc2)nc1C(=O)CBr. The van der Waals surface area contributed by atoms with Crippen LogP contribution in [0.5, 0.6) is 0 Å². The summed E-state index contributed by atoms with van der Waals surface area (Å²) in [4.78, 5) is 15.7. The van der Waals surface area contributed by atoms with E-state index in [9.17, 15) is 4.79 Å². The molecule has 0 radical (unpaired) electrons. The molecule has 0 bridgehead atoms. The number of hydrogen-bond donors (Lipinski definition) is 0. The molecule has 1 aromatic carbocycles. The van der Waals surface area contributed by atoms with E-state index in [1.807, 2.05) is 0 Å². The fraction of sp³-hybridized carbons (Fsp3) is 0.167. The van der Waals surface area contributed by atoms with Gasteiger partial charge in [0.15, 0.2) is 5.78 Å². The molecule has 2 rings (SSSR count). The van der Waals surface area contributed by atoms with Gasteiger partial charge < -0.3 is 4.42 Å². The Morgan fingerprint density at radius 3 is 2.65 bits per heavy atom. The lowest BCUT2D eigenvalue weighted by Crippen LogP contribution is -2.02. The zero-order chi connectivity index (χ0) is 12.4. The molecule has 0 atom stereocenters. The second kappa shape index (κ2) is 5.02. The predicted molar refractivity (Wildman–Crippen MR) is 69.8 cm³/mol. The van der Waals surface area contributed by atoms with Crippen molar-refractivity contribution in [1.29, 1.82) is 0 Å². The van der Waals surface area contributed by atoms with Crippen molar-refractivity contribution in [3.8, 4) is 11.5 Å². The minimum atomic E-state index is -0.0912. The lowest BCUT2D eigenvalue weighted by atomic mass is 10.2. The number of oxazole rings is 1. The third kappa shape index (κ3) is 2.58. The Kier molecular flexibility index (Phi) is 3.64. The Hall–Kier alpha value is -1.13. The van der Waals surface area contributed by atoms with E-state index in [1.54, 1.807) is 31.2 Å². The second-order valence-corrected chi connectivity index (χ2v) is 4.48. The summed E-state index contributed by atoms with van der Waals surface area (Å²) in [6, 6.07) is 7.11. The van der Waals surface area contributed by atoms with Gasteiger partial charge in [0.05, 0.1) is 5.33 Å². The van der Waals surface area contributed by atoms with Crippen molar-refractivity contribution in [2.45, 2.75) is 6.92 Å². The molecule has 1 aromatic heterocycles. The molecular weight excluding hydrogens is 305 g/mol. The Morgan fingerprint density at radius 1 is 1.41 bits per heavy atom. The van der Waals surface area contributed by atoms with Gasteiger partial charge >= 0.3 is 0 Å². The average Bonchev–Trinajstić information content (AvgIpc) is 2.71. The number of rotatable bonds is 3. The van der Waals surface area contributed by atoms with Crippen LogP contribution in [-0.4, -0.2) is 16.1 Å². The molecule has 2 aromatic rings. The van der Waals surface area contributed by atoms with Crippen LogP contribution in [0.15, 0.2) is 28.7 Å². The Morgan fingerprint density at radius 2 is 2.06 bits per heavy atom. The molecule has 0 unspecified atom stereocenters. The van der Waals surface area contributed by atoms with Crippen molar-refractivity contribution in [2.75, 3.05) is 5.33 Å². The van der Waals surface area contributed by atoms with Crippen molar-refractivity contribution in [3.63, 3.8) is 0 Å². The highest BCUT2D eigenvalue weighted by Gasteiger charge is 2.16. The van der Waals surface area contributed by atoms with Gasteiger partial charge in [0, 0.05) is 10.6 Å². The van der Waals surface area contributed by atoms with Gasteiger partial charge in [0.2, 0.25) is 5.89 Å². The van der Waals surface area contributed by atoms with Gasteiger partial charge in [-0.15, -0.1) is 0 Å². The Balaban J connectivity index is 2.41. The zero-order valence-electron chi connectivity index (χ0n) is 9.04. The lowest BCUT2D eigenvalue weighted by molar-refractivity contribution is 0.101. The van der Waals surface area contributed by atoms with E-state index >= 15 is 0 Å².